The molecule has 0 radical (unpaired) electrons. The summed E-state index contributed by atoms with van der Waals surface area (Å²) in [7, 11) is -2.22. The quantitative estimate of drug-likeness (QED) is 0.767. The largest absolute Gasteiger partial charge is 0.312 e. The van der Waals surface area contributed by atoms with Crippen LogP contribution in [0.25, 0.3) is 0 Å². The molecule has 0 aliphatic carbocycles. The Bertz CT molecular complexity index is 433. The van der Waals surface area contributed by atoms with E-state index in [0.29, 0.717) is 5.75 Å². The minimum Gasteiger partial charge on any atom is -0.312 e. The first kappa shape index (κ1) is 11.6. The van der Waals surface area contributed by atoms with E-state index in [9.17, 15) is 8.42 Å². The minimum absolute atomic E-state index is 0.303. The Morgan fingerprint density at radius 3 is 3.00 bits per heavy atom. The Hall–Kier alpha value is -0.870. The smallest absolute Gasteiger partial charge is 0.140 e. The highest BCUT2D eigenvalue weighted by molar-refractivity contribution is 7.72. The van der Waals surface area contributed by atoms with Gasteiger partial charge < -0.3 is 5.32 Å². The predicted octanol–water partition coefficient (Wildman–Crippen LogP) is 0.876. The number of rotatable bonds is 4. The molecule has 0 bridgehead atoms. The summed E-state index contributed by atoms with van der Waals surface area (Å²) in [5.74, 6) is 0.303. The van der Waals surface area contributed by atoms with Crippen molar-refractivity contribution in [1.82, 2.24) is 5.32 Å². The van der Waals surface area contributed by atoms with Gasteiger partial charge >= 0.3 is 0 Å². The van der Waals surface area contributed by atoms with Gasteiger partial charge in [-0.25, -0.2) is 8.42 Å². The lowest BCUT2D eigenvalue weighted by atomic mass is 9.93. The van der Waals surface area contributed by atoms with Crippen molar-refractivity contribution in [1.29, 1.82) is 0 Å². The molecule has 16 heavy (non-hydrogen) atoms. The average Bonchev–Trinajstić information content (AvgIpc) is 2.29. The number of hydrogen-bond acceptors (Lipinski definition) is 3. The van der Waals surface area contributed by atoms with Crippen LogP contribution in [-0.4, -0.2) is 20.7 Å². The maximum Gasteiger partial charge on any atom is 0.140 e. The molecule has 0 saturated heterocycles. The van der Waals surface area contributed by atoms with Gasteiger partial charge in [0.05, 0.1) is 0 Å². The molecule has 2 rings (SSSR count). The highest BCUT2D eigenvalue weighted by Gasteiger charge is 2.11. The molecule has 0 amide bonds. The van der Waals surface area contributed by atoms with Crippen LogP contribution in [0.15, 0.2) is 18.2 Å². The maximum atomic E-state index is 10.5. The highest BCUT2D eigenvalue weighted by Crippen LogP contribution is 2.19. The maximum absolute atomic E-state index is 10.5. The second-order valence-electron chi connectivity index (χ2n) is 4.14. The van der Waals surface area contributed by atoms with Gasteiger partial charge in [0.15, 0.2) is 0 Å². The van der Waals surface area contributed by atoms with Crippen LogP contribution in [0, 0.1) is 0 Å². The Morgan fingerprint density at radius 1 is 1.31 bits per heavy atom. The lowest BCUT2D eigenvalue weighted by molar-refractivity contribution is 0.611. The van der Waals surface area contributed by atoms with E-state index in [1.807, 2.05) is 0 Å². The molecular weight excluding hydrogens is 222 g/mol. The molecule has 1 aliphatic heterocycles. The molecule has 1 aromatic rings. The Kier molecular flexibility index (Phi) is 3.96. The van der Waals surface area contributed by atoms with Crippen molar-refractivity contribution in [3.8, 4) is 0 Å². The highest BCUT2D eigenvalue weighted by atomic mass is 32.2. The molecule has 1 aliphatic rings. The van der Waals surface area contributed by atoms with Gasteiger partial charge in [-0.1, -0.05) is 18.2 Å². The van der Waals surface area contributed by atoms with Crippen LogP contribution < -0.4 is 5.32 Å². The Labute approximate surface area is 97.8 Å². The number of fused-ring (bicyclic) bond motifs is 1. The van der Waals surface area contributed by atoms with Crippen LogP contribution in [-0.2, 0) is 30.1 Å². The zero-order chi connectivity index (χ0) is 11.4. The first-order valence-corrected chi connectivity index (χ1v) is 7.06. The zero-order valence-electron chi connectivity index (χ0n) is 9.24. The molecule has 0 atom stereocenters. The Morgan fingerprint density at radius 2 is 2.19 bits per heavy atom. The summed E-state index contributed by atoms with van der Waals surface area (Å²) in [4.78, 5) is 0. The molecule has 3 nitrogen and oxygen atoms in total. The van der Waals surface area contributed by atoms with Crippen molar-refractivity contribution in [2.75, 3.05) is 12.3 Å². The van der Waals surface area contributed by atoms with Crippen LogP contribution >= 0.6 is 0 Å². The molecule has 1 N–H and O–H groups in total. The van der Waals surface area contributed by atoms with Gasteiger partial charge in [0.1, 0.15) is 10.7 Å². The third-order valence-corrected chi connectivity index (χ3v) is 3.71. The van der Waals surface area contributed by atoms with Crippen molar-refractivity contribution < 1.29 is 8.42 Å². The summed E-state index contributed by atoms with van der Waals surface area (Å²) in [6.45, 7) is 1.97. The summed E-state index contributed by atoms with van der Waals surface area (Å²) in [5, 5.41) is 3.35. The molecule has 1 heterocycles. The topological polar surface area (TPSA) is 46.2 Å². The van der Waals surface area contributed by atoms with Gasteiger partial charge in [0.2, 0.25) is 0 Å². The predicted molar refractivity (Wildman–Crippen MR) is 65.4 cm³/mol. The monoisotopic (exact) mass is 239 g/mol. The summed E-state index contributed by atoms with van der Waals surface area (Å²) < 4.78 is 21.0. The Balaban J connectivity index is 2.08. The van der Waals surface area contributed by atoms with Crippen molar-refractivity contribution in [2.45, 2.75) is 25.8 Å². The van der Waals surface area contributed by atoms with Gasteiger partial charge in [-0.2, -0.15) is 0 Å². The van der Waals surface area contributed by atoms with Gasteiger partial charge in [0.25, 0.3) is 0 Å². The number of benzene rings is 1. The fraction of sp³-hybridized carbons (Fsp3) is 0.500. The van der Waals surface area contributed by atoms with Crippen molar-refractivity contribution in [2.24, 2.45) is 0 Å². The summed E-state index contributed by atoms with van der Waals surface area (Å²) in [6, 6.07) is 6.35. The standard InChI is InChI=1S/C12H17NO2S/c14-16(15)8-2-5-10-3-1-4-11-9-13-7-6-12(10)11/h1,3-4,13,16H,2,5-9H2. The molecule has 0 fully saturated rings. The van der Waals surface area contributed by atoms with Crippen molar-refractivity contribution in [3.05, 3.63) is 34.9 Å². The van der Waals surface area contributed by atoms with E-state index in [1.54, 1.807) is 0 Å². The van der Waals surface area contributed by atoms with Crippen molar-refractivity contribution in [3.63, 3.8) is 0 Å². The first-order valence-electron chi connectivity index (χ1n) is 5.69. The van der Waals surface area contributed by atoms with E-state index in [-0.39, 0.29) is 0 Å². The van der Waals surface area contributed by atoms with Gasteiger partial charge in [-0.15, -0.1) is 0 Å². The fourth-order valence-electron chi connectivity index (χ4n) is 2.24. The van der Waals surface area contributed by atoms with Gasteiger partial charge in [-0.3, -0.25) is 0 Å². The molecule has 4 heteroatoms. The summed E-state index contributed by atoms with van der Waals surface area (Å²) in [6.07, 6.45) is 2.68. The van der Waals surface area contributed by atoms with E-state index in [2.05, 4.69) is 23.5 Å². The van der Waals surface area contributed by atoms with E-state index in [1.165, 1.54) is 16.7 Å². The summed E-state index contributed by atoms with van der Waals surface area (Å²) in [5.41, 5.74) is 4.13. The van der Waals surface area contributed by atoms with E-state index in [4.69, 9.17) is 0 Å². The third kappa shape index (κ3) is 2.83. The van der Waals surface area contributed by atoms with Crippen LogP contribution in [0.3, 0.4) is 0 Å². The molecule has 88 valence electrons. The minimum atomic E-state index is -2.22. The molecule has 0 aromatic heterocycles. The van der Waals surface area contributed by atoms with E-state index < -0.39 is 10.7 Å². The van der Waals surface area contributed by atoms with E-state index >= 15 is 0 Å². The van der Waals surface area contributed by atoms with E-state index in [0.717, 1.165) is 32.4 Å². The zero-order valence-corrected chi connectivity index (χ0v) is 10.1. The fourth-order valence-corrected chi connectivity index (χ4v) is 2.66. The van der Waals surface area contributed by atoms with Crippen LogP contribution in [0.4, 0.5) is 0 Å². The molecule has 0 saturated carbocycles. The number of hydrogen-bond donors (Lipinski definition) is 2. The second-order valence-corrected chi connectivity index (χ2v) is 5.25. The molecule has 0 unspecified atom stereocenters. The van der Waals surface area contributed by atoms with Crippen LogP contribution in [0.1, 0.15) is 23.1 Å². The average molecular weight is 239 g/mol. The third-order valence-electron chi connectivity index (χ3n) is 3.02. The SMILES string of the molecule is O=[SH](=O)CCCc1cccc2c1CCNC2. The van der Waals surface area contributed by atoms with Gasteiger partial charge in [0, 0.05) is 12.3 Å². The lowest BCUT2D eigenvalue weighted by Crippen LogP contribution is -2.24. The first-order chi connectivity index (χ1) is 7.77. The van der Waals surface area contributed by atoms with Crippen LogP contribution in [0.5, 0.6) is 0 Å². The molecule has 1 aromatic carbocycles. The van der Waals surface area contributed by atoms with Crippen LogP contribution in [0.2, 0.25) is 0 Å². The second kappa shape index (κ2) is 5.46. The lowest BCUT2D eigenvalue weighted by Gasteiger charge is -2.20. The molecular formula is C12H17NO2S. The summed E-state index contributed by atoms with van der Waals surface area (Å²) >= 11 is 0. The number of aryl methyl sites for hydroxylation is 1. The van der Waals surface area contributed by atoms with Gasteiger partial charge in [-0.05, 0) is 42.5 Å². The number of nitrogens with one attached hydrogen (secondary N) is 1. The van der Waals surface area contributed by atoms with Crippen molar-refractivity contribution >= 4 is 10.7 Å². The number of thiol groups is 1. The normalized spacial score (nSPS) is 15.1. The molecule has 0 spiro atoms.